The first kappa shape index (κ1) is 12.0. The molecule has 1 aromatic rings. The van der Waals surface area contributed by atoms with Gasteiger partial charge in [0.05, 0.1) is 5.02 Å². The Morgan fingerprint density at radius 1 is 1.53 bits per heavy atom. The average Bonchev–Trinajstić information content (AvgIpc) is 2.19. The van der Waals surface area contributed by atoms with Gasteiger partial charge >= 0.3 is 6.61 Å². The summed E-state index contributed by atoms with van der Waals surface area (Å²) in [5.74, 6) is 0.896. The third kappa shape index (κ3) is 3.20. The van der Waals surface area contributed by atoms with Gasteiger partial charge in [0, 0.05) is 5.92 Å². The lowest BCUT2D eigenvalue weighted by Gasteiger charge is -2.10. The van der Waals surface area contributed by atoms with E-state index in [0.717, 1.165) is 11.5 Å². The summed E-state index contributed by atoms with van der Waals surface area (Å²) >= 11 is 5.77. The van der Waals surface area contributed by atoms with Crippen LogP contribution in [0.15, 0.2) is 30.9 Å². The van der Waals surface area contributed by atoms with Crippen molar-refractivity contribution < 1.29 is 13.5 Å². The van der Waals surface area contributed by atoms with Gasteiger partial charge in [-0.3, -0.25) is 0 Å². The predicted octanol–water partition coefficient (Wildman–Crippen LogP) is 4.07. The monoisotopic (exact) mass is 231 g/mol. The van der Waals surface area contributed by atoms with Crippen LogP contribution < -0.4 is 4.74 Å². The lowest BCUT2D eigenvalue weighted by molar-refractivity contribution is -0.0497. The summed E-state index contributed by atoms with van der Waals surface area (Å²) in [6.45, 7) is 2.60. The zero-order valence-corrected chi connectivity index (χ0v) is 8.89. The predicted molar refractivity (Wildman–Crippen MR) is 56.3 cm³/mol. The summed E-state index contributed by atoms with van der Waals surface area (Å²) in [6.07, 6.45) is 1.67. The van der Waals surface area contributed by atoms with Gasteiger partial charge < -0.3 is 4.74 Å². The highest BCUT2D eigenvalue weighted by Crippen LogP contribution is 2.29. The number of allylic oxidation sites excluding steroid dienone is 1. The van der Waals surface area contributed by atoms with Crippen molar-refractivity contribution in [3.05, 3.63) is 47.4 Å². The highest BCUT2D eigenvalue weighted by atomic mass is 35.5. The van der Waals surface area contributed by atoms with Crippen LogP contribution in [0.5, 0.6) is 5.75 Å². The SMILES string of the molecule is C=C[C](C)c1ccc(OC(F)F)c(Cl)c1. The molecule has 1 nitrogen and oxygen atoms in total. The third-order valence-corrected chi connectivity index (χ3v) is 2.20. The molecule has 0 amide bonds. The quantitative estimate of drug-likeness (QED) is 0.759. The fourth-order valence-electron chi connectivity index (χ4n) is 1.06. The van der Waals surface area contributed by atoms with Crippen molar-refractivity contribution in [2.24, 2.45) is 0 Å². The number of hydrogen-bond acceptors (Lipinski definition) is 1. The van der Waals surface area contributed by atoms with Crippen LogP contribution in [0.4, 0.5) is 8.78 Å². The largest absolute Gasteiger partial charge is 0.433 e. The van der Waals surface area contributed by atoms with Crippen molar-refractivity contribution in [3.63, 3.8) is 0 Å². The molecule has 0 unspecified atom stereocenters. The van der Waals surface area contributed by atoms with E-state index in [9.17, 15) is 8.78 Å². The van der Waals surface area contributed by atoms with Crippen LogP contribution in [0, 0.1) is 5.92 Å². The Labute approximate surface area is 92.3 Å². The van der Waals surface area contributed by atoms with Gasteiger partial charge in [0.1, 0.15) is 5.75 Å². The normalized spacial score (nSPS) is 10.8. The van der Waals surface area contributed by atoms with Gasteiger partial charge in [0.15, 0.2) is 0 Å². The van der Waals surface area contributed by atoms with Crippen LogP contribution in [-0.4, -0.2) is 6.61 Å². The van der Waals surface area contributed by atoms with Crippen molar-refractivity contribution in [1.29, 1.82) is 0 Å². The van der Waals surface area contributed by atoms with Crippen LogP contribution >= 0.6 is 11.6 Å². The van der Waals surface area contributed by atoms with Gasteiger partial charge in [0.25, 0.3) is 0 Å². The van der Waals surface area contributed by atoms with Gasteiger partial charge in [-0.15, -0.1) is 6.58 Å². The molecule has 81 valence electrons. The highest BCUT2D eigenvalue weighted by Gasteiger charge is 2.10. The summed E-state index contributed by atoms with van der Waals surface area (Å²) in [6, 6.07) is 4.63. The Morgan fingerprint density at radius 3 is 2.67 bits per heavy atom. The number of benzene rings is 1. The fourth-order valence-corrected chi connectivity index (χ4v) is 1.28. The molecule has 15 heavy (non-hydrogen) atoms. The Morgan fingerprint density at radius 2 is 2.20 bits per heavy atom. The first-order valence-electron chi connectivity index (χ1n) is 4.25. The second-order valence-corrected chi connectivity index (χ2v) is 3.32. The van der Waals surface area contributed by atoms with Crippen LogP contribution in [0.3, 0.4) is 0 Å². The van der Waals surface area contributed by atoms with E-state index in [2.05, 4.69) is 11.3 Å². The van der Waals surface area contributed by atoms with E-state index in [1.54, 1.807) is 18.2 Å². The van der Waals surface area contributed by atoms with Crippen LogP contribution in [0.2, 0.25) is 5.02 Å². The van der Waals surface area contributed by atoms with E-state index < -0.39 is 6.61 Å². The third-order valence-electron chi connectivity index (χ3n) is 1.91. The van der Waals surface area contributed by atoms with Gasteiger partial charge in [-0.25, -0.2) is 0 Å². The van der Waals surface area contributed by atoms with E-state index in [0.29, 0.717) is 0 Å². The zero-order valence-electron chi connectivity index (χ0n) is 8.14. The molecule has 1 rings (SSSR count). The molecule has 0 fully saturated rings. The highest BCUT2D eigenvalue weighted by molar-refractivity contribution is 6.32. The van der Waals surface area contributed by atoms with E-state index in [4.69, 9.17) is 11.6 Å². The minimum absolute atomic E-state index is 0.0210. The summed E-state index contributed by atoms with van der Waals surface area (Å²) in [7, 11) is 0. The molecule has 0 aliphatic rings. The van der Waals surface area contributed by atoms with E-state index in [1.165, 1.54) is 6.07 Å². The number of hydrogen-bond donors (Lipinski definition) is 0. The molecular formula is C11H10ClF2O. The molecule has 0 aromatic heterocycles. The summed E-state index contributed by atoms with van der Waals surface area (Å²) < 4.78 is 28.1. The summed E-state index contributed by atoms with van der Waals surface area (Å²) in [5.41, 5.74) is 0.830. The van der Waals surface area contributed by atoms with Gasteiger partial charge in [0.2, 0.25) is 0 Å². The van der Waals surface area contributed by atoms with Crippen LogP contribution in [0.1, 0.15) is 12.5 Å². The fraction of sp³-hybridized carbons (Fsp3) is 0.182. The topological polar surface area (TPSA) is 9.23 Å². The second-order valence-electron chi connectivity index (χ2n) is 2.91. The zero-order chi connectivity index (χ0) is 11.4. The van der Waals surface area contributed by atoms with Crippen molar-refractivity contribution in [3.8, 4) is 5.75 Å². The maximum Gasteiger partial charge on any atom is 0.387 e. The Hall–Kier alpha value is -1.09. The average molecular weight is 232 g/mol. The molecular weight excluding hydrogens is 222 g/mol. The Balaban J connectivity index is 2.92. The van der Waals surface area contributed by atoms with Crippen molar-refractivity contribution in [1.82, 2.24) is 0 Å². The molecule has 0 saturated heterocycles. The molecule has 4 heteroatoms. The van der Waals surface area contributed by atoms with E-state index in [-0.39, 0.29) is 10.8 Å². The minimum Gasteiger partial charge on any atom is -0.433 e. The molecule has 0 N–H and O–H groups in total. The maximum absolute atomic E-state index is 11.9. The van der Waals surface area contributed by atoms with Crippen LogP contribution in [-0.2, 0) is 0 Å². The first-order chi connectivity index (χ1) is 7.04. The van der Waals surface area contributed by atoms with Gasteiger partial charge in [-0.2, -0.15) is 8.78 Å². The maximum atomic E-state index is 11.9. The number of alkyl halides is 2. The van der Waals surface area contributed by atoms with E-state index >= 15 is 0 Å². The lowest BCUT2D eigenvalue weighted by Crippen LogP contribution is -2.02. The van der Waals surface area contributed by atoms with Gasteiger partial charge in [-0.1, -0.05) is 30.7 Å². The number of halogens is 3. The first-order valence-corrected chi connectivity index (χ1v) is 4.63. The van der Waals surface area contributed by atoms with Crippen molar-refractivity contribution in [2.75, 3.05) is 0 Å². The molecule has 0 atom stereocenters. The van der Waals surface area contributed by atoms with Crippen molar-refractivity contribution >= 4 is 11.6 Å². The Kier molecular flexibility index (Phi) is 4.09. The molecule has 0 heterocycles. The molecule has 1 aromatic carbocycles. The van der Waals surface area contributed by atoms with Crippen LogP contribution in [0.25, 0.3) is 0 Å². The summed E-state index contributed by atoms with van der Waals surface area (Å²) in [4.78, 5) is 0. The molecule has 0 saturated carbocycles. The van der Waals surface area contributed by atoms with E-state index in [1.807, 2.05) is 6.92 Å². The second kappa shape index (κ2) is 5.12. The summed E-state index contributed by atoms with van der Waals surface area (Å²) in [5, 5.41) is 0.161. The van der Waals surface area contributed by atoms with Crippen molar-refractivity contribution in [2.45, 2.75) is 13.5 Å². The Bertz CT molecular complexity index is 352. The molecule has 1 radical (unpaired) electrons. The number of rotatable bonds is 4. The smallest absolute Gasteiger partial charge is 0.387 e. The molecule has 0 bridgehead atoms. The lowest BCUT2D eigenvalue weighted by atomic mass is 10.0. The standard InChI is InChI=1S/C11H10ClF2O/c1-3-7(2)8-4-5-10(9(12)6-8)15-11(13)14/h3-6,11H,1H2,2H3. The molecule has 0 spiro atoms. The molecule has 0 aliphatic carbocycles. The minimum atomic E-state index is -2.86. The number of ether oxygens (including phenoxy) is 1. The molecule has 0 aliphatic heterocycles. The van der Waals surface area contributed by atoms with Gasteiger partial charge in [-0.05, 0) is 17.7 Å².